The molecule has 0 saturated carbocycles. The minimum Gasteiger partial charge on any atom is -0.326 e. The molecule has 3 N–H and O–H groups in total. The summed E-state index contributed by atoms with van der Waals surface area (Å²) in [6.45, 7) is 8.02. The molecule has 0 saturated heterocycles. The topological polar surface area (TPSA) is 72.2 Å². The van der Waals surface area contributed by atoms with Gasteiger partial charge in [-0.05, 0) is 43.9 Å². The Morgan fingerprint density at radius 3 is 2.32 bits per heavy atom. The van der Waals surface area contributed by atoms with Crippen molar-refractivity contribution < 1.29 is 8.42 Å². The zero-order valence-electron chi connectivity index (χ0n) is 12.2. The summed E-state index contributed by atoms with van der Waals surface area (Å²) in [6, 6.07) is 5.22. The summed E-state index contributed by atoms with van der Waals surface area (Å²) in [5, 5.41) is 0. The standard InChI is InChI=1S/C14H24N2O2S/c1-5-14(4,6-2)16-19(17,18)13-9-7-8-12(10-15)11(13)3/h7-9,16H,5-6,10,15H2,1-4H3. The molecule has 1 rings (SSSR count). The molecule has 108 valence electrons. The van der Waals surface area contributed by atoms with Crippen LogP contribution in [0.25, 0.3) is 0 Å². The highest BCUT2D eigenvalue weighted by atomic mass is 32.2. The molecule has 0 amide bonds. The maximum atomic E-state index is 12.5. The van der Waals surface area contributed by atoms with Crippen molar-refractivity contribution in [2.75, 3.05) is 0 Å². The molecule has 0 fully saturated rings. The van der Waals surface area contributed by atoms with Gasteiger partial charge in [0.05, 0.1) is 4.90 Å². The third-order valence-electron chi connectivity index (χ3n) is 3.85. The predicted octanol–water partition coefficient (Wildman–Crippen LogP) is 2.31. The predicted molar refractivity (Wildman–Crippen MR) is 78.4 cm³/mol. The van der Waals surface area contributed by atoms with Crippen molar-refractivity contribution in [3.63, 3.8) is 0 Å². The summed E-state index contributed by atoms with van der Waals surface area (Å²) in [4.78, 5) is 0.323. The lowest BCUT2D eigenvalue weighted by Gasteiger charge is -2.28. The summed E-state index contributed by atoms with van der Waals surface area (Å²) in [6.07, 6.45) is 1.50. The molecule has 0 aliphatic heterocycles. The van der Waals surface area contributed by atoms with E-state index >= 15 is 0 Å². The third kappa shape index (κ3) is 3.55. The van der Waals surface area contributed by atoms with Crippen LogP contribution in [-0.2, 0) is 16.6 Å². The zero-order chi connectivity index (χ0) is 14.7. The lowest BCUT2D eigenvalue weighted by atomic mass is 9.98. The van der Waals surface area contributed by atoms with E-state index in [1.165, 1.54) is 0 Å². The SMILES string of the molecule is CCC(C)(CC)NS(=O)(=O)c1cccc(CN)c1C. The van der Waals surface area contributed by atoms with Gasteiger partial charge in [-0.25, -0.2) is 13.1 Å². The molecule has 0 aliphatic carbocycles. The Morgan fingerprint density at radius 1 is 1.26 bits per heavy atom. The number of benzene rings is 1. The highest BCUT2D eigenvalue weighted by Crippen LogP contribution is 2.22. The fourth-order valence-electron chi connectivity index (χ4n) is 1.95. The molecule has 0 aliphatic rings. The number of nitrogens with one attached hydrogen (secondary N) is 1. The largest absolute Gasteiger partial charge is 0.326 e. The van der Waals surface area contributed by atoms with Gasteiger partial charge in [0.25, 0.3) is 0 Å². The van der Waals surface area contributed by atoms with Crippen molar-refractivity contribution in [2.24, 2.45) is 5.73 Å². The van der Waals surface area contributed by atoms with E-state index in [4.69, 9.17) is 5.73 Å². The van der Waals surface area contributed by atoms with Crippen LogP contribution in [0, 0.1) is 6.92 Å². The van der Waals surface area contributed by atoms with E-state index in [2.05, 4.69) is 4.72 Å². The van der Waals surface area contributed by atoms with Gasteiger partial charge in [-0.3, -0.25) is 0 Å². The Kier molecular flexibility index (Phi) is 5.12. The highest BCUT2D eigenvalue weighted by Gasteiger charge is 2.28. The van der Waals surface area contributed by atoms with Gasteiger partial charge in [-0.2, -0.15) is 0 Å². The van der Waals surface area contributed by atoms with Gasteiger partial charge in [-0.15, -0.1) is 0 Å². The first-order chi connectivity index (χ1) is 8.79. The molecule has 5 heteroatoms. The van der Waals surface area contributed by atoms with Crippen molar-refractivity contribution in [3.8, 4) is 0 Å². The highest BCUT2D eigenvalue weighted by molar-refractivity contribution is 7.89. The van der Waals surface area contributed by atoms with Crippen LogP contribution in [0.1, 0.15) is 44.7 Å². The minimum absolute atomic E-state index is 0.323. The van der Waals surface area contributed by atoms with Gasteiger partial charge in [0.15, 0.2) is 0 Å². The summed E-state index contributed by atoms with van der Waals surface area (Å²) >= 11 is 0. The third-order valence-corrected chi connectivity index (χ3v) is 5.63. The Morgan fingerprint density at radius 2 is 1.84 bits per heavy atom. The molecule has 0 radical (unpaired) electrons. The van der Waals surface area contributed by atoms with Crippen molar-refractivity contribution in [1.82, 2.24) is 4.72 Å². The second-order valence-corrected chi connectivity index (χ2v) is 6.77. The van der Waals surface area contributed by atoms with Gasteiger partial charge >= 0.3 is 0 Å². The number of nitrogens with two attached hydrogens (primary N) is 1. The van der Waals surface area contributed by atoms with Gasteiger partial charge in [0.1, 0.15) is 0 Å². The van der Waals surface area contributed by atoms with E-state index in [1.54, 1.807) is 19.1 Å². The van der Waals surface area contributed by atoms with Gasteiger partial charge in [0, 0.05) is 12.1 Å². The Hall–Kier alpha value is -0.910. The first-order valence-electron chi connectivity index (χ1n) is 6.62. The lowest BCUT2D eigenvalue weighted by Crippen LogP contribution is -2.45. The summed E-state index contributed by atoms with van der Waals surface area (Å²) in [7, 11) is -3.51. The molecule has 0 unspecified atom stereocenters. The minimum atomic E-state index is -3.51. The van der Waals surface area contributed by atoms with Gasteiger partial charge in [0.2, 0.25) is 10.0 Å². The van der Waals surface area contributed by atoms with Crippen molar-refractivity contribution in [2.45, 2.75) is 57.5 Å². The van der Waals surface area contributed by atoms with Crippen LogP contribution in [0.2, 0.25) is 0 Å². The van der Waals surface area contributed by atoms with Crippen LogP contribution in [0.15, 0.2) is 23.1 Å². The fourth-order valence-corrected chi connectivity index (χ4v) is 3.79. The molecule has 1 aromatic rings. The molecular formula is C14H24N2O2S. The smallest absolute Gasteiger partial charge is 0.241 e. The number of hydrogen-bond acceptors (Lipinski definition) is 3. The number of rotatable bonds is 6. The van der Waals surface area contributed by atoms with Crippen LogP contribution >= 0.6 is 0 Å². The molecule has 0 atom stereocenters. The second kappa shape index (κ2) is 6.03. The molecule has 0 spiro atoms. The van der Waals surface area contributed by atoms with Crippen molar-refractivity contribution >= 4 is 10.0 Å². The molecule has 4 nitrogen and oxygen atoms in total. The van der Waals surface area contributed by atoms with E-state index < -0.39 is 15.6 Å². The quantitative estimate of drug-likeness (QED) is 0.842. The maximum Gasteiger partial charge on any atom is 0.241 e. The van der Waals surface area contributed by atoms with Crippen LogP contribution in [0.3, 0.4) is 0 Å². The summed E-state index contributed by atoms with van der Waals surface area (Å²) < 4.78 is 27.8. The van der Waals surface area contributed by atoms with Gasteiger partial charge < -0.3 is 5.73 Å². The zero-order valence-corrected chi connectivity index (χ0v) is 13.0. The van der Waals surface area contributed by atoms with E-state index in [9.17, 15) is 8.42 Å². The Labute approximate surface area is 116 Å². The number of sulfonamides is 1. The second-order valence-electron chi connectivity index (χ2n) is 5.12. The molecule has 0 aromatic heterocycles. The first kappa shape index (κ1) is 16.1. The normalized spacial score (nSPS) is 12.7. The van der Waals surface area contributed by atoms with Crippen LogP contribution in [0.4, 0.5) is 0 Å². The molecular weight excluding hydrogens is 260 g/mol. The number of hydrogen-bond donors (Lipinski definition) is 2. The van der Waals surface area contributed by atoms with E-state index in [1.807, 2.05) is 26.8 Å². The lowest BCUT2D eigenvalue weighted by molar-refractivity contribution is 0.388. The Balaban J connectivity index is 3.22. The van der Waals surface area contributed by atoms with Crippen LogP contribution in [-0.4, -0.2) is 14.0 Å². The van der Waals surface area contributed by atoms with Crippen molar-refractivity contribution in [1.29, 1.82) is 0 Å². The molecule has 19 heavy (non-hydrogen) atoms. The van der Waals surface area contributed by atoms with Crippen molar-refractivity contribution in [3.05, 3.63) is 29.3 Å². The monoisotopic (exact) mass is 284 g/mol. The van der Waals surface area contributed by atoms with Gasteiger partial charge in [-0.1, -0.05) is 26.0 Å². The summed E-state index contributed by atoms with van der Waals surface area (Å²) in [5.41, 5.74) is 6.80. The summed E-state index contributed by atoms with van der Waals surface area (Å²) in [5.74, 6) is 0. The Bertz CT molecular complexity index is 534. The maximum absolute atomic E-state index is 12.5. The average molecular weight is 284 g/mol. The van der Waals surface area contributed by atoms with Crippen LogP contribution < -0.4 is 10.5 Å². The van der Waals surface area contributed by atoms with Crippen LogP contribution in [0.5, 0.6) is 0 Å². The fraction of sp³-hybridized carbons (Fsp3) is 0.571. The van der Waals surface area contributed by atoms with E-state index in [-0.39, 0.29) is 0 Å². The van der Waals surface area contributed by atoms with E-state index in [0.717, 1.165) is 24.0 Å². The molecule has 0 heterocycles. The van der Waals surface area contributed by atoms with E-state index in [0.29, 0.717) is 11.4 Å². The average Bonchev–Trinajstić information content (AvgIpc) is 2.38. The molecule has 1 aromatic carbocycles. The first-order valence-corrected chi connectivity index (χ1v) is 8.10. The molecule has 0 bridgehead atoms.